The maximum absolute atomic E-state index is 13.6. The van der Waals surface area contributed by atoms with Crippen LogP contribution in [0, 0.1) is 18.6 Å². The molecule has 94 valence electrons. The molecule has 0 bridgehead atoms. The predicted octanol–water partition coefficient (Wildman–Crippen LogP) is 4.41. The smallest absolute Gasteiger partial charge is 0.203 e. The van der Waals surface area contributed by atoms with Crippen molar-refractivity contribution in [2.45, 2.75) is 6.92 Å². The van der Waals surface area contributed by atoms with Crippen molar-refractivity contribution >= 4 is 21.6 Å². The number of hydrogen-bond acceptors (Lipinski definition) is 2. The molecule has 2 N–H and O–H groups in total. The molecular weight excluding hydrogens is 304 g/mol. The lowest BCUT2D eigenvalue weighted by molar-refractivity contribution is 0.416. The zero-order chi connectivity index (χ0) is 13.3. The highest BCUT2D eigenvalue weighted by atomic mass is 79.9. The molecule has 18 heavy (non-hydrogen) atoms. The summed E-state index contributed by atoms with van der Waals surface area (Å²) in [5.74, 6) is -1.94. The summed E-state index contributed by atoms with van der Waals surface area (Å²) in [6.07, 6.45) is 0. The van der Waals surface area contributed by atoms with Crippen molar-refractivity contribution in [3.05, 3.63) is 52.0 Å². The van der Waals surface area contributed by atoms with E-state index in [-0.39, 0.29) is 11.4 Å². The number of aryl methyl sites for hydroxylation is 1. The molecule has 0 saturated heterocycles. The van der Waals surface area contributed by atoms with Gasteiger partial charge < -0.3 is 10.5 Å². The fourth-order valence-electron chi connectivity index (χ4n) is 1.49. The molecule has 2 aromatic carbocycles. The normalized spacial score (nSPS) is 10.4. The second-order valence-corrected chi connectivity index (χ2v) is 4.71. The Balaban J connectivity index is 2.43. The summed E-state index contributed by atoms with van der Waals surface area (Å²) < 4.78 is 32.9. The van der Waals surface area contributed by atoms with Gasteiger partial charge in [0.15, 0.2) is 11.6 Å². The monoisotopic (exact) mass is 313 g/mol. The lowest BCUT2D eigenvalue weighted by Crippen LogP contribution is -1.98. The van der Waals surface area contributed by atoms with E-state index in [1.165, 1.54) is 6.07 Å². The largest absolute Gasteiger partial charge is 0.452 e. The van der Waals surface area contributed by atoms with Crippen molar-refractivity contribution in [1.29, 1.82) is 0 Å². The Bertz CT molecular complexity index is 602. The van der Waals surface area contributed by atoms with Crippen LogP contribution >= 0.6 is 15.9 Å². The second kappa shape index (κ2) is 4.94. The average molecular weight is 314 g/mol. The first-order valence-electron chi connectivity index (χ1n) is 5.16. The summed E-state index contributed by atoms with van der Waals surface area (Å²) in [6.45, 7) is 1.80. The minimum Gasteiger partial charge on any atom is -0.452 e. The highest BCUT2D eigenvalue weighted by Gasteiger charge is 2.15. The van der Waals surface area contributed by atoms with Gasteiger partial charge in [0.1, 0.15) is 5.75 Å². The van der Waals surface area contributed by atoms with E-state index in [0.717, 1.165) is 16.1 Å². The molecule has 2 rings (SSSR count). The Morgan fingerprint density at radius 1 is 1.17 bits per heavy atom. The summed E-state index contributed by atoms with van der Waals surface area (Å²) in [7, 11) is 0. The third-order valence-electron chi connectivity index (χ3n) is 2.43. The molecule has 0 atom stereocenters. The molecule has 0 unspecified atom stereocenters. The molecule has 0 radical (unpaired) electrons. The average Bonchev–Trinajstić information content (AvgIpc) is 2.32. The van der Waals surface area contributed by atoms with E-state index in [0.29, 0.717) is 5.75 Å². The van der Waals surface area contributed by atoms with Crippen molar-refractivity contribution in [1.82, 2.24) is 0 Å². The Labute approximate surface area is 112 Å². The molecule has 2 aromatic rings. The number of hydrogen-bond donors (Lipinski definition) is 1. The first kappa shape index (κ1) is 12.8. The van der Waals surface area contributed by atoms with Gasteiger partial charge in [-0.2, -0.15) is 4.39 Å². The van der Waals surface area contributed by atoms with E-state index in [1.807, 2.05) is 6.07 Å². The van der Waals surface area contributed by atoms with Crippen LogP contribution in [0.4, 0.5) is 14.5 Å². The van der Waals surface area contributed by atoms with Gasteiger partial charge in [-0.3, -0.25) is 0 Å². The number of halogens is 3. The van der Waals surface area contributed by atoms with Crippen molar-refractivity contribution in [2.75, 3.05) is 5.73 Å². The molecule has 0 spiro atoms. The first-order chi connectivity index (χ1) is 8.49. The van der Waals surface area contributed by atoms with E-state index in [9.17, 15) is 8.78 Å². The molecule has 0 fully saturated rings. The second-order valence-electron chi connectivity index (χ2n) is 3.79. The lowest BCUT2D eigenvalue weighted by atomic mass is 10.2. The van der Waals surface area contributed by atoms with Gasteiger partial charge in [-0.1, -0.05) is 15.9 Å². The van der Waals surface area contributed by atoms with Crippen molar-refractivity contribution in [2.24, 2.45) is 0 Å². The number of nitrogen functional groups attached to an aromatic ring is 1. The minimum atomic E-state index is -1.09. The van der Waals surface area contributed by atoms with Gasteiger partial charge in [0.05, 0.1) is 5.69 Å². The third kappa shape index (κ3) is 2.46. The molecule has 0 amide bonds. The van der Waals surface area contributed by atoms with E-state index >= 15 is 0 Å². The van der Waals surface area contributed by atoms with E-state index in [4.69, 9.17) is 10.5 Å². The first-order valence-corrected chi connectivity index (χ1v) is 5.96. The number of ether oxygens (including phenoxy) is 1. The van der Waals surface area contributed by atoms with Crippen LogP contribution in [0.5, 0.6) is 11.5 Å². The van der Waals surface area contributed by atoms with Crippen LogP contribution in [0.15, 0.2) is 34.8 Å². The van der Waals surface area contributed by atoms with Gasteiger partial charge in [-0.05, 0) is 42.8 Å². The van der Waals surface area contributed by atoms with Gasteiger partial charge in [0.25, 0.3) is 0 Å². The number of nitrogens with two attached hydrogens (primary N) is 1. The van der Waals surface area contributed by atoms with Crippen molar-refractivity contribution in [3.8, 4) is 11.5 Å². The van der Waals surface area contributed by atoms with Gasteiger partial charge in [-0.15, -0.1) is 0 Å². The minimum absolute atomic E-state index is 0.0521. The zero-order valence-corrected chi connectivity index (χ0v) is 11.1. The standard InChI is InChI=1S/C13H10BrF2NO/c1-7-6-8(14)2-5-11(7)18-13-10(17)4-3-9(15)12(13)16/h2-6H,17H2,1H3. The fourth-order valence-corrected chi connectivity index (χ4v) is 1.96. The quantitative estimate of drug-likeness (QED) is 0.833. The summed E-state index contributed by atoms with van der Waals surface area (Å²) in [4.78, 5) is 0. The summed E-state index contributed by atoms with van der Waals surface area (Å²) >= 11 is 3.31. The third-order valence-corrected chi connectivity index (χ3v) is 2.92. The number of benzene rings is 2. The Kier molecular flexibility index (Phi) is 3.52. The van der Waals surface area contributed by atoms with Crippen LogP contribution < -0.4 is 10.5 Å². The van der Waals surface area contributed by atoms with Crippen molar-refractivity contribution < 1.29 is 13.5 Å². The predicted molar refractivity (Wildman–Crippen MR) is 69.7 cm³/mol. The van der Waals surface area contributed by atoms with Crippen LogP contribution in [0.1, 0.15) is 5.56 Å². The number of rotatable bonds is 2. The Morgan fingerprint density at radius 3 is 2.56 bits per heavy atom. The highest BCUT2D eigenvalue weighted by molar-refractivity contribution is 9.10. The SMILES string of the molecule is Cc1cc(Br)ccc1Oc1c(N)ccc(F)c1F. The summed E-state index contributed by atoms with van der Waals surface area (Å²) in [5, 5.41) is 0. The van der Waals surface area contributed by atoms with Gasteiger partial charge in [0, 0.05) is 4.47 Å². The van der Waals surface area contributed by atoms with E-state index in [2.05, 4.69) is 15.9 Å². The molecule has 0 saturated carbocycles. The summed E-state index contributed by atoms with van der Waals surface area (Å²) in [5.41, 5.74) is 6.41. The van der Waals surface area contributed by atoms with Crippen LogP contribution in [0.2, 0.25) is 0 Å². The van der Waals surface area contributed by atoms with Gasteiger partial charge in [0.2, 0.25) is 5.82 Å². The van der Waals surface area contributed by atoms with Crippen LogP contribution in [0.3, 0.4) is 0 Å². The van der Waals surface area contributed by atoms with Gasteiger partial charge in [-0.25, -0.2) is 4.39 Å². The van der Waals surface area contributed by atoms with Crippen LogP contribution in [0.25, 0.3) is 0 Å². The maximum atomic E-state index is 13.6. The number of anilines is 1. The maximum Gasteiger partial charge on any atom is 0.203 e. The van der Waals surface area contributed by atoms with Crippen LogP contribution in [-0.2, 0) is 0 Å². The Hall–Kier alpha value is -1.62. The molecule has 0 aromatic heterocycles. The van der Waals surface area contributed by atoms with E-state index < -0.39 is 11.6 Å². The van der Waals surface area contributed by atoms with E-state index in [1.54, 1.807) is 19.1 Å². The highest BCUT2D eigenvalue weighted by Crippen LogP contribution is 2.34. The molecule has 0 heterocycles. The Morgan fingerprint density at radius 2 is 1.89 bits per heavy atom. The molecule has 0 aliphatic rings. The molecule has 0 aliphatic carbocycles. The molecular formula is C13H10BrF2NO. The van der Waals surface area contributed by atoms with Crippen LogP contribution in [-0.4, -0.2) is 0 Å². The molecule has 0 aliphatic heterocycles. The topological polar surface area (TPSA) is 35.2 Å². The van der Waals surface area contributed by atoms with Gasteiger partial charge >= 0.3 is 0 Å². The molecule has 2 nitrogen and oxygen atoms in total. The fraction of sp³-hybridized carbons (Fsp3) is 0.0769. The summed E-state index contributed by atoms with van der Waals surface area (Å²) in [6, 6.07) is 7.44. The molecule has 5 heteroatoms. The lowest BCUT2D eigenvalue weighted by Gasteiger charge is -2.12. The van der Waals surface area contributed by atoms with Crippen molar-refractivity contribution in [3.63, 3.8) is 0 Å². The zero-order valence-electron chi connectivity index (χ0n) is 9.51.